The molecule has 1 unspecified atom stereocenters. The van der Waals surface area contributed by atoms with Crippen molar-refractivity contribution in [1.82, 2.24) is 9.55 Å². The SMILES string of the molecule is CC1CCc2nc(-c3ccc(Cl)s3)cn2C1. The summed E-state index contributed by atoms with van der Waals surface area (Å²) in [6, 6.07) is 3.98. The Hall–Kier alpha value is -0.800. The molecule has 1 aliphatic heterocycles. The van der Waals surface area contributed by atoms with E-state index in [1.807, 2.05) is 12.1 Å². The minimum Gasteiger partial charge on any atom is -0.334 e. The number of aryl methyl sites for hydroxylation is 1. The molecule has 2 aromatic rings. The van der Waals surface area contributed by atoms with E-state index < -0.39 is 0 Å². The highest BCUT2D eigenvalue weighted by Gasteiger charge is 2.18. The highest BCUT2D eigenvalue weighted by molar-refractivity contribution is 7.19. The molecule has 0 aliphatic carbocycles. The van der Waals surface area contributed by atoms with Crippen LogP contribution in [0.1, 0.15) is 19.2 Å². The van der Waals surface area contributed by atoms with E-state index in [0.29, 0.717) is 0 Å². The molecule has 3 heterocycles. The maximum absolute atomic E-state index is 5.94. The lowest BCUT2D eigenvalue weighted by Crippen LogP contribution is -2.17. The average molecular weight is 253 g/mol. The number of aromatic nitrogens is 2. The molecule has 0 amide bonds. The number of halogens is 1. The van der Waals surface area contributed by atoms with Gasteiger partial charge in [-0.2, -0.15) is 0 Å². The van der Waals surface area contributed by atoms with Gasteiger partial charge in [-0.3, -0.25) is 0 Å². The molecule has 0 spiro atoms. The van der Waals surface area contributed by atoms with Crippen LogP contribution in [0.25, 0.3) is 10.6 Å². The summed E-state index contributed by atoms with van der Waals surface area (Å²) in [5.41, 5.74) is 1.07. The van der Waals surface area contributed by atoms with Gasteiger partial charge in [-0.15, -0.1) is 11.3 Å². The summed E-state index contributed by atoms with van der Waals surface area (Å²) in [5, 5.41) is 0. The van der Waals surface area contributed by atoms with Crippen LogP contribution in [0.2, 0.25) is 4.34 Å². The Morgan fingerprint density at radius 3 is 3.12 bits per heavy atom. The minimum absolute atomic E-state index is 0.765. The Bertz CT molecular complexity index is 515. The first-order chi connectivity index (χ1) is 7.72. The van der Waals surface area contributed by atoms with Crippen LogP contribution in [-0.4, -0.2) is 9.55 Å². The van der Waals surface area contributed by atoms with Crippen molar-refractivity contribution in [2.45, 2.75) is 26.3 Å². The van der Waals surface area contributed by atoms with E-state index in [1.165, 1.54) is 17.1 Å². The molecule has 0 bridgehead atoms. The van der Waals surface area contributed by atoms with E-state index in [2.05, 4.69) is 22.7 Å². The number of hydrogen-bond donors (Lipinski definition) is 0. The molecular weight excluding hydrogens is 240 g/mol. The average Bonchev–Trinajstić information content (AvgIpc) is 2.83. The number of imidazole rings is 1. The molecule has 84 valence electrons. The summed E-state index contributed by atoms with van der Waals surface area (Å²) >= 11 is 7.54. The number of rotatable bonds is 1. The van der Waals surface area contributed by atoms with Crippen molar-refractivity contribution in [3.63, 3.8) is 0 Å². The third kappa shape index (κ3) is 1.78. The third-order valence-corrected chi connectivity index (χ3v) is 4.31. The van der Waals surface area contributed by atoms with Crippen molar-refractivity contribution in [1.29, 1.82) is 0 Å². The number of fused-ring (bicyclic) bond motifs is 1. The van der Waals surface area contributed by atoms with E-state index in [1.54, 1.807) is 11.3 Å². The van der Waals surface area contributed by atoms with Crippen LogP contribution in [0.3, 0.4) is 0 Å². The van der Waals surface area contributed by atoms with Crippen LogP contribution < -0.4 is 0 Å². The highest BCUT2D eigenvalue weighted by Crippen LogP contribution is 2.31. The molecule has 0 saturated heterocycles. The highest BCUT2D eigenvalue weighted by atomic mass is 35.5. The third-order valence-electron chi connectivity index (χ3n) is 3.05. The molecule has 0 aromatic carbocycles. The molecule has 0 radical (unpaired) electrons. The van der Waals surface area contributed by atoms with Gasteiger partial charge in [-0.05, 0) is 24.5 Å². The van der Waals surface area contributed by atoms with Crippen LogP contribution in [0.15, 0.2) is 18.3 Å². The summed E-state index contributed by atoms with van der Waals surface area (Å²) in [6.07, 6.45) is 4.51. The monoisotopic (exact) mass is 252 g/mol. The molecule has 1 aliphatic rings. The van der Waals surface area contributed by atoms with Crippen molar-refractivity contribution in [2.24, 2.45) is 5.92 Å². The topological polar surface area (TPSA) is 17.8 Å². The van der Waals surface area contributed by atoms with E-state index in [-0.39, 0.29) is 0 Å². The lowest BCUT2D eigenvalue weighted by atomic mass is 10.0. The molecule has 0 N–H and O–H groups in total. The van der Waals surface area contributed by atoms with E-state index in [4.69, 9.17) is 11.6 Å². The van der Waals surface area contributed by atoms with Gasteiger partial charge >= 0.3 is 0 Å². The summed E-state index contributed by atoms with van der Waals surface area (Å²) in [4.78, 5) is 5.85. The lowest BCUT2D eigenvalue weighted by Gasteiger charge is -2.19. The van der Waals surface area contributed by atoms with Crippen LogP contribution in [0, 0.1) is 5.92 Å². The molecule has 0 fully saturated rings. The fourth-order valence-corrected chi connectivity index (χ4v) is 3.18. The first-order valence-corrected chi connectivity index (χ1v) is 6.73. The molecule has 0 saturated carbocycles. The zero-order chi connectivity index (χ0) is 11.1. The van der Waals surface area contributed by atoms with Gasteiger partial charge in [0.1, 0.15) is 5.82 Å². The van der Waals surface area contributed by atoms with Gasteiger partial charge < -0.3 is 4.57 Å². The number of nitrogens with zero attached hydrogens (tertiary/aromatic N) is 2. The molecule has 1 atom stereocenters. The summed E-state index contributed by atoms with van der Waals surface area (Å²) in [7, 11) is 0. The van der Waals surface area contributed by atoms with Crippen LogP contribution >= 0.6 is 22.9 Å². The Morgan fingerprint density at radius 2 is 2.38 bits per heavy atom. The van der Waals surface area contributed by atoms with Gasteiger partial charge in [0, 0.05) is 19.2 Å². The van der Waals surface area contributed by atoms with E-state index in [9.17, 15) is 0 Å². The largest absolute Gasteiger partial charge is 0.334 e. The van der Waals surface area contributed by atoms with Crippen molar-refractivity contribution >= 4 is 22.9 Å². The molecule has 4 heteroatoms. The number of thiophene rings is 1. The Morgan fingerprint density at radius 1 is 1.50 bits per heavy atom. The number of hydrogen-bond acceptors (Lipinski definition) is 2. The van der Waals surface area contributed by atoms with E-state index in [0.717, 1.165) is 28.9 Å². The Labute approximate surface area is 104 Å². The van der Waals surface area contributed by atoms with Crippen molar-refractivity contribution in [3.8, 4) is 10.6 Å². The fourth-order valence-electron chi connectivity index (χ4n) is 2.19. The Kier molecular flexibility index (Phi) is 2.52. The second kappa shape index (κ2) is 3.90. The second-order valence-electron chi connectivity index (χ2n) is 4.44. The van der Waals surface area contributed by atoms with Crippen molar-refractivity contribution in [3.05, 3.63) is 28.5 Å². The fraction of sp³-hybridized carbons (Fsp3) is 0.417. The predicted molar refractivity (Wildman–Crippen MR) is 68.0 cm³/mol. The Balaban J connectivity index is 1.98. The van der Waals surface area contributed by atoms with Gasteiger partial charge in [0.25, 0.3) is 0 Å². The summed E-state index contributed by atoms with van der Waals surface area (Å²) < 4.78 is 3.12. The first kappa shape index (κ1) is 10.4. The zero-order valence-corrected chi connectivity index (χ0v) is 10.7. The zero-order valence-electron chi connectivity index (χ0n) is 9.11. The normalized spacial score (nSPS) is 19.8. The first-order valence-electron chi connectivity index (χ1n) is 5.54. The van der Waals surface area contributed by atoms with Crippen molar-refractivity contribution in [2.75, 3.05) is 0 Å². The minimum atomic E-state index is 0.765. The van der Waals surface area contributed by atoms with E-state index >= 15 is 0 Å². The van der Waals surface area contributed by atoms with Crippen LogP contribution in [0.5, 0.6) is 0 Å². The molecule has 3 rings (SSSR count). The van der Waals surface area contributed by atoms with Crippen LogP contribution in [-0.2, 0) is 13.0 Å². The summed E-state index contributed by atoms with van der Waals surface area (Å²) in [5.74, 6) is 1.99. The standard InChI is InChI=1S/C12H13ClN2S/c1-8-2-5-12-14-9(7-15(12)6-8)10-3-4-11(13)16-10/h3-4,7-8H,2,5-6H2,1H3. The maximum atomic E-state index is 5.94. The van der Waals surface area contributed by atoms with Gasteiger partial charge in [0.2, 0.25) is 0 Å². The van der Waals surface area contributed by atoms with Gasteiger partial charge in [0.05, 0.1) is 14.9 Å². The van der Waals surface area contributed by atoms with Gasteiger partial charge in [0.15, 0.2) is 0 Å². The summed E-state index contributed by atoms with van der Waals surface area (Å²) in [6.45, 7) is 3.39. The molecular formula is C12H13ClN2S. The van der Waals surface area contributed by atoms with Gasteiger partial charge in [-0.25, -0.2) is 4.98 Å². The predicted octanol–water partition coefficient (Wildman–Crippen LogP) is 3.85. The smallest absolute Gasteiger partial charge is 0.109 e. The molecule has 2 nitrogen and oxygen atoms in total. The molecule has 16 heavy (non-hydrogen) atoms. The second-order valence-corrected chi connectivity index (χ2v) is 6.16. The van der Waals surface area contributed by atoms with Gasteiger partial charge in [-0.1, -0.05) is 18.5 Å². The lowest BCUT2D eigenvalue weighted by molar-refractivity contribution is 0.394. The quantitative estimate of drug-likeness (QED) is 0.754. The maximum Gasteiger partial charge on any atom is 0.109 e. The van der Waals surface area contributed by atoms with Crippen LogP contribution in [0.4, 0.5) is 0 Å². The van der Waals surface area contributed by atoms with Crippen molar-refractivity contribution < 1.29 is 0 Å². The molecule has 2 aromatic heterocycles.